The Balaban J connectivity index is 3.24. The van der Waals surface area contributed by atoms with E-state index in [1.54, 1.807) is 0 Å². The molecule has 0 amide bonds. The number of allylic oxidation sites excluding steroid dienone is 1. The second-order valence-electron chi connectivity index (χ2n) is 3.41. The maximum Gasteiger partial charge on any atom is 0.416 e. The van der Waals surface area contributed by atoms with Gasteiger partial charge in [-0.3, -0.25) is 0 Å². The van der Waals surface area contributed by atoms with E-state index in [2.05, 4.69) is 0 Å². The van der Waals surface area contributed by atoms with Crippen molar-refractivity contribution in [1.82, 2.24) is 0 Å². The number of carbonyl (C=O) groups excluding carboxylic acids is 1. The lowest BCUT2D eigenvalue weighted by Gasteiger charge is -2.09. The van der Waals surface area contributed by atoms with Crippen LogP contribution in [0.5, 0.6) is 0 Å². The molecule has 0 saturated carbocycles. The number of aromatic carboxylic acids is 1. The van der Waals surface area contributed by atoms with Crippen LogP contribution in [0.4, 0.5) is 13.2 Å². The van der Waals surface area contributed by atoms with Crippen molar-refractivity contribution in [1.29, 1.82) is 0 Å². The molecule has 0 bridgehead atoms. The maximum atomic E-state index is 12.5. The Morgan fingerprint density at radius 3 is 2.50 bits per heavy atom. The minimum atomic E-state index is -4.54. The minimum absolute atomic E-state index is 0.00923. The summed E-state index contributed by atoms with van der Waals surface area (Å²) in [5.41, 5.74) is -1.26. The van der Waals surface area contributed by atoms with Crippen LogP contribution >= 0.6 is 0 Å². The molecule has 1 aromatic carbocycles. The van der Waals surface area contributed by atoms with E-state index < -0.39 is 17.7 Å². The number of aldehydes is 1. The van der Waals surface area contributed by atoms with Crippen molar-refractivity contribution in [2.24, 2.45) is 0 Å². The van der Waals surface area contributed by atoms with E-state index in [9.17, 15) is 22.8 Å². The summed E-state index contributed by atoms with van der Waals surface area (Å²) in [6, 6.07) is 2.34. The Hall–Kier alpha value is -2.11. The van der Waals surface area contributed by atoms with E-state index >= 15 is 0 Å². The lowest BCUT2D eigenvalue weighted by Crippen LogP contribution is -2.07. The quantitative estimate of drug-likeness (QED) is 0.844. The second-order valence-corrected chi connectivity index (χ2v) is 3.41. The highest BCUT2D eigenvalue weighted by Gasteiger charge is 2.31. The van der Waals surface area contributed by atoms with E-state index in [0.29, 0.717) is 12.4 Å². The Bertz CT molecular complexity index is 490. The first kappa shape index (κ1) is 14.0. The lowest BCUT2D eigenvalue weighted by atomic mass is 10.0. The number of halogens is 3. The SMILES string of the molecule is O=CCC=Cc1cc(C(F)(F)F)ccc1C(=O)O. The van der Waals surface area contributed by atoms with Crippen molar-refractivity contribution in [3.63, 3.8) is 0 Å². The average molecular weight is 258 g/mol. The van der Waals surface area contributed by atoms with Crippen LogP contribution in [0.15, 0.2) is 24.3 Å². The van der Waals surface area contributed by atoms with Gasteiger partial charge in [-0.25, -0.2) is 4.79 Å². The van der Waals surface area contributed by atoms with Crippen molar-refractivity contribution in [2.75, 3.05) is 0 Å². The highest BCUT2D eigenvalue weighted by atomic mass is 19.4. The first-order chi connectivity index (χ1) is 8.36. The summed E-state index contributed by atoms with van der Waals surface area (Å²) in [4.78, 5) is 20.9. The second kappa shape index (κ2) is 5.48. The third kappa shape index (κ3) is 3.44. The molecule has 0 radical (unpaired) electrons. The van der Waals surface area contributed by atoms with Crippen LogP contribution in [0.2, 0.25) is 0 Å². The van der Waals surface area contributed by atoms with Crippen molar-refractivity contribution >= 4 is 18.3 Å². The Morgan fingerprint density at radius 1 is 1.33 bits per heavy atom. The molecule has 0 heterocycles. The highest BCUT2D eigenvalue weighted by Crippen LogP contribution is 2.31. The van der Waals surface area contributed by atoms with Gasteiger partial charge in [-0.15, -0.1) is 0 Å². The van der Waals surface area contributed by atoms with Gasteiger partial charge in [0, 0.05) is 6.42 Å². The first-order valence-corrected chi connectivity index (χ1v) is 4.91. The maximum absolute atomic E-state index is 12.5. The number of benzene rings is 1. The fourth-order valence-electron chi connectivity index (χ4n) is 1.32. The van der Waals surface area contributed by atoms with Crippen LogP contribution < -0.4 is 0 Å². The van der Waals surface area contributed by atoms with Gasteiger partial charge in [0.2, 0.25) is 0 Å². The molecular formula is C12H9F3O3. The molecule has 0 aliphatic heterocycles. The average Bonchev–Trinajstić information content (AvgIpc) is 2.27. The molecule has 3 nitrogen and oxygen atoms in total. The number of carbonyl (C=O) groups is 2. The number of alkyl halides is 3. The predicted octanol–water partition coefficient (Wildman–Crippen LogP) is 3.01. The topological polar surface area (TPSA) is 54.4 Å². The number of hydrogen-bond donors (Lipinski definition) is 1. The smallest absolute Gasteiger partial charge is 0.416 e. The zero-order chi connectivity index (χ0) is 13.8. The number of carboxylic acids is 1. The zero-order valence-electron chi connectivity index (χ0n) is 9.07. The molecule has 0 unspecified atom stereocenters. The predicted molar refractivity (Wildman–Crippen MR) is 58.1 cm³/mol. The fourth-order valence-corrected chi connectivity index (χ4v) is 1.32. The van der Waals surface area contributed by atoms with E-state index in [4.69, 9.17) is 5.11 Å². The summed E-state index contributed by atoms with van der Waals surface area (Å²) in [6.45, 7) is 0. The lowest BCUT2D eigenvalue weighted by molar-refractivity contribution is -0.137. The summed E-state index contributed by atoms with van der Waals surface area (Å²) < 4.78 is 37.4. The summed E-state index contributed by atoms with van der Waals surface area (Å²) in [7, 11) is 0. The molecule has 1 rings (SSSR count). The van der Waals surface area contributed by atoms with Crippen molar-refractivity contribution in [2.45, 2.75) is 12.6 Å². The van der Waals surface area contributed by atoms with Gasteiger partial charge in [-0.05, 0) is 23.8 Å². The summed E-state index contributed by atoms with van der Waals surface area (Å²) >= 11 is 0. The van der Waals surface area contributed by atoms with E-state index in [-0.39, 0.29) is 17.5 Å². The highest BCUT2D eigenvalue weighted by molar-refractivity contribution is 5.92. The number of rotatable bonds is 4. The van der Waals surface area contributed by atoms with Gasteiger partial charge in [0.05, 0.1) is 11.1 Å². The standard InChI is InChI=1S/C12H9F3O3/c13-12(14,15)9-4-5-10(11(17)18)8(7-9)3-1-2-6-16/h1,3-7H,2H2,(H,17,18). The summed E-state index contributed by atoms with van der Waals surface area (Å²) in [5, 5.41) is 8.83. The Kier molecular flexibility index (Phi) is 4.25. The molecule has 1 aromatic rings. The molecule has 6 heteroatoms. The van der Waals surface area contributed by atoms with Crippen molar-refractivity contribution < 1.29 is 27.9 Å². The molecule has 0 aromatic heterocycles. The molecule has 0 fully saturated rings. The van der Waals surface area contributed by atoms with Gasteiger partial charge in [-0.2, -0.15) is 13.2 Å². The van der Waals surface area contributed by atoms with Crippen LogP contribution in [0.3, 0.4) is 0 Å². The van der Waals surface area contributed by atoms with E-state index in [1.165, 1.54) is 12.2 Å². The minimum Gasteiger partial charge on any atom is -0.478 e. The van der Waals surface area contributed by atoms with Gasteiger partial charge in [0.25, 0.3) is 0 Å². The molecule has 0 saturated heterocycles. The van der Waals surface area contributed by atoms with Gasteiger partial charge in [0.1, 0.15) is 6.29 Å². The monoisotopic (exact) mass is 258 g/mol. The molecule has 18 heavy (non-hydrogen) atoms. The first-order valence-electron chi connectivity index (χ1n) is 4.91. The van der Waals surface area contributed by atoms with Crippen LogP contribution in [0.1, 0.15) is 27.9 Å². The fraction of sp³-hybridized carbons (Fsp3) is 0.167. The molecule has 0 spiro atoms. The van der Waals surface area contributed by atoms with E-state index in [0.717, 1.165) is 12.1 Å². The summed E-state index contributed by atoms with van der Waals surface area (Å²) in [6.07, 6.45) is -1.48. The van der Waals surface area contributed by atoms with Crippen LogP contribution in [0, 0.1) is 0 Å². The summed E-state index contributed by atoms with van der Waals surface area (Å²) in [5.74, 6) is -1.32. The van der Waals surface area contributed by atoms with Crippen LogP contribution in [-0.4, -0.2) is 17.4 Å². The third-order valence-electron chi connectivity index (χ3n) is 2.14. The van der Waals surface area contributed by atoms with Gasteiger partial charge < -0.3 is 9.90 Å². The van der Waals surface area contributed by atoms with Crippen molar-refractivity contribution in [3.05, 3.63) is 41.0 Å². The molecule has 0 aliphatic carbocycles. The number of carboxylic acid groups (broad SMARTS) is 1. The molecular weight excluding hydrogens is 249 g/mol. The van der Waals surface area contributed by atoms with Crippen LogP contribution in [-0.2, 0) is 11.0 Å². The molecule has 0 atom stereocenters. The van der Waals surface area contributed by atoms with E-state index in [1.807, 2.05) is 0 Å². The van der Waals surface area contributed by atoms with Gasteiger partial charge >= 0.3 is 12.1 Å². The number of hydrogen-bond acceptors (Lipinski definition) is 2. The van der Waals surface area contributed by atoms with Crippen molar-refractivity contribution in [3.8, 4) is 0 Å². The molecule has 96 valence electrons. The Labute approximate surface area is 101 Å². The molecule has 1 N–H and O–H groups in total. The van der Waals surface area contributed by atoms with Gasteiger partial charge in [-0.1, -0.05) is 12.2 Å². The zero-order valence-corrected chi connectivity index (χ0v) is 9.07. The Morgan fingerprint density at radius 2 is 2.00 bits per heavy atom. The van der Waals surface area contributed by atoms with Crippen LogP contribution in [0.25, 0.3) is 6.08 Å². The largest absolute Gasteiger partial charge is 0.478 e. The molecule has 0 aliphatic rings. The third-order valence-corrected chi connectivity index (χ3v) is 2.14. The normalized spacial score (nSPS) is 11.7. The van der Waals surface area contributed by atoms with Gasteiger partial charge in [0.15, 0.2) is 0 Å².